The van der Waals surface area contributed by atoms with Crippen molar-refractivity contribution in [3.05, 3.63) is 24.0 Å². The maximum atomic E-state index is 8.91. The second-order valence-corrected chi connectivity index (χ2v) is 2.53. The van der Waals surface area contributed by atoms with Crippen LogP contribution in [0.1, 0.15) is 19.0 Å². The van der Waals surface area contributed by atoms with Crippen LogP contribution in [-0.2, 0) is 13.2 Å². The van der Waals surface area contributed by atoms with Gasteiger partial charge in [-0.15, -0.1) is 11.8 Å². The zero-order valence-electron chi connectivity index (χ0n) is 7.25. The van der Waals surface area contributed by atoms with E-state index in [4.69, 9.17) is 5.11 Å². The molecule has 0 bridgehead atoms. The number of aryl methyl sites for hydroxylation is 1. The van der Waals surface area contributed by atoms with Crippen LogP contribution in [0.2, 0.25) is 0 Å². The fourth-order valence-corrected chi connectivity index (χ4v) is 1.11. The summed E-state index contributed by atoms with van der Waals surface area (Å²) < 4.78 is 2.02. The number of rotatable bonds is 3. The summed E-state index contributed by atoms with van der Waals surface area (Å²) in [5.41, 5.74) is 0.952. The van der Waals surface area contributed by atoms with Crippen molar-refractivity contribution in [3.8, 4) is 11.8 Å². The van der Waals surface area contributed by atoms with Crippen molar-refractivity contribution in [2.45, 2.75) is 26.5 Å². The van der Waals surface area contributed by atoms with Crippen LogP contribution in [-0.4, -0.2) is 9.67 Å². The summed E-state index contributed by atoms with van der Waals surface area (Å²) in [6.07, 6.45) is 2.81. The SMILES string of the molecule is CC#CCCn1cccc1CO. The molecule has 0 unspecified atom stereocenters. The van der Waals surface area contributed by atoms with E-state index in [2.05, 4.69) is 11.8 Å². The molecule has 0 atom stereocenters. The molecular weight excluding hydrogens is 150 g/mol. The van der Waals surface area contributed by atoms with Gasteiger partial charge in [-0.05, 0) is 19.1 Å². The van der Waals surface area contributed by atoms with Gasteiger partial charge in [-0.3, -0.25) is 0 Å². The number of aromatic nitrogens is 1. The Hall–Kier alpha value is -1.20. The topological polar surface area (TPSA) is 25.2 Å². The Kier molecular flexibility index (Phi) is 3.43. The molecule has 0 aliphatic heterocycles. The molecule has 1 rings (SSSR count). The third-order valence-electron chi connectivity index (χ3n) is 1.74. The number of aliphatic hydroxyl groups is 1. The van der Waals surface area contributed by atoms with Crippen molar-refractivity contribution in [1.82, 2.24) is 4.57 Å². The highest BCUT2D eigenvalue weighted by Gasteiger charge is 1.96. The molecule has 1 heterocycles. The highest BCUT2D eigenvalue weighted by atomic mass is 16.3. The maximum Gasteiger partial charge on any atom is 0.0832 e. The quantitative estimate of drug-likeness (QED) is 0.669. The van der Waals surface area contributed by atoms with Crippen LogP contribution in [0.4, 0.5) is 0 Å². The Bertz CT molecular complexity index is 290. The Labute approximate surface area is 72.8 Å². The van der Waals surface area contributed by atoms with Crippen molar-refractivity contribution in [1.29, 1.82) is 0 Å². The molecule has 64 valence electrons. The molecule has 0 saturated heterocycles. The molecule has 0 aliphatic carbocycles. The van der Waals surface area contributed by atoms with Crippen LogP contribution in [0.3, 0.4) is 0 Å². The molecule has 0 aliphatic rings. The molecule has 12 heavy (non-hydrogen) atoms. The van der Waals surface area contributed by atoms with Gasteiger partial charge in [0.1, 0.15) is 0 Å². The molecule has 0 amide bonds. The summed E-state index contributed by atoms with van der Waals surface area (Å²) in [5, 5.41) is 8.91. The van der Waals surface area contributed by atoms with E-state index < -0.39 is 0 Å². The van der Waals surface area contributed by atoms with Gasteiger partial charge >= 0.3 is 0 Å². The molecule has 0 fully saturated rings. The molecule has 0 radical (unpaired) electrons. The number of hydrogen-bond donors (Lipinski definition) is 1. The standard InChI is InChI=1S/C10H13NO/c1-2-3-4-7-11-8-5-6-10(11)9-12/h5-6,8,12H,4,7,9H2,1H3. The zero-order valence-corrected chi connectivity index (χ0v) is 7.25. The predicted molar refractivity (Wildman–Crippen MR) is 48.4 cm³/mol. The summed E-state index contributed by atoms with van der Waals surface area (Å²) in [7, 11) is 0. The molecule has 2 nitrogen and oxygen atoms in total. The average Bonchev–Trinajstić information content (AvgIpc) is 2.52. The summed E-state index contributed by atoms with van der Waals surface area (Å²) in [6, 6.07) is 3.85. The highest BCUT2D eigenvalue weighted by molar-refractivity contribution is 5.06. The monoisotopic (exact) mass is 163 g/mol. The first kappa shape index (κ1) is 8.89. The summed E-state index contributed by atoms with van der Waals surface area (Å²) in [6.45, 7) is 2.80. The molecule has 1 aromatic rings. The van der Waals surface area contributed by atoms with E-state index in [1.807, 2.05) is 29.8 Å². The van der Waals surface area contributed by atoms with Crippen LogP contribution in [0.15, 0.2) is 18.3 Å². The highest BCUT2D eigenvalue weighted by Crippen LogP contribution is 2.02. The van der Waals surface area contributed by atoms with Crippen molar-refractivity contribution < 1.29 is 5.11 Å². The van der Waals surface area contributed by atoms with E-state index in [1.54, 1.807) is 0 Å². The van der Waals surface area contributed by atoms with E-state index in [1.165, 1.54) is 0 Å². The lowest BCUT2D eigenvalue weighted by Gasteiger charge is -2.03. The number of nitrogens with zero attached hydrogens (tertiary/aromatic N) is 1. The van der Waals surface area contributed by atoms with Gasteiger partial charge in [0, 0.05) is 24.9 Å². The van der Waals surface area contributed by atoms with Crippen molar-refractivity contribution >= 4 is 0 Å². The molecule has 1 N–H and O–H groups in total. The van der Waals surface area contributed by atoms with Gasteiger partial charge in [0.05, 0.1) is 6.61 Å². The van der Waals surface area contributed by atoms with Gasteiger partial charge in [-0.2, -0.15) is 0 Å². The van der Waals surface area contributed by atoms with Crippen LogP contribution < -0.4 is 0 Å². The summed E-state index contributed by atoms with van der Waals surface area (Å²) in [4.78, 5) is 0. The molecule has 0 aromatic carbocycles. The van der Waals surface area contributed by atoms with Gasteiger partial charge in [0.25, 0.3) is 0 Å². The normalized spacial score (nSPS) is 9.17. The van der Waals surface area contributed by atoms with Gasteiger partial charge in [0.15, 0.2) is 0 Å². The Balaban J connectivity index is 2.54. The predicted octanol–water partition coefficient (Wildman–Crippen LogP) is 1.39. The van der Waals surface area contributed by atoms with Crippen LogP contribution in [0.5, 0.6) is 0 Å². The first-order valence-electron chi connectivity index (χ1n) is 4.03. The van der Waals surface area contributed by atoms with Crippen molar-refractivity contribution in [2.24, 2.45) is 0 Å². The molecule has 1 aromatic heterocycles. The van der Waals surface area contributed by atoms with Crippen LogP contribution in [0.25, 0.3) is 0 Å². The van der Waals surface area contributed by atoms with Crippen LogP contribution >= 0.6 is 0 Å². The first-order valence-corrected chi connectivity index (χ1v) is 4.03. The maximum absolute atomic E-state index is 8.91. The van der Waals surface area contributed by atoms with E-state index in [0.717, 1.165) is 18.7 Å². The minimum Gasteiger partial charge on any atom is -0.390 e. The van der Waals surface area contributed by atoms with Crippen molar-refractivity contribution in [2.75, 3.05) is 0 Å². The minimum absolute atomic E-state index is 0.104. The third kappa shape index (κ3) is 2.14. The lowest BCUT2D eigenvalue weighted by Crippen LogP contribution is -2.00. The van der Waals surface area contributed by atoms with E-state index in [0.29, 0.717) is 0 Å². The molecule has 0 saturated carbocycles. The Morgan fingerprint density at radius 2 is 2.42 bits per heavy atom. The van der Waals surface area contributed by atoms with Gasteiger partial charge in [-0.25, -0.2) is 0 Å². The average molecular weight is 163 g/mol. The second kappa shape index (κ2) is 4.63. The number of aliphatic hydroxyl groups excluding tert-OH is 1. The Morgan fingerprint density at radius 3 is 3.08 bits per heavy atom. The van der Waals surface area contributed by atoms with E-state index in [9.17, 15) is 0 Å². The lowest BCUT2D eigenvalue weighted by atomic mass is 10.4. The fraction of sp³-hybridized carbons (Fsp3) is 0.400. The smallest absolute Gasteiger partial charge is 0.0832 e. The fourth-order valence-electron chi connectivity index (χ4n) is 1.11. The zero-order chi connectivity index (χ0) is 8.81. The summed E-state index contributed by atoms with van der Waals surface area (Å²) >= 11 is 0. The second-order valence-electron chi connectivity index (χ2n) is 2.53. The van der Waals surface area contributed by atoms with E-state index in [-0.39, 0.29) is 6.61 Å². The lowest BCUT2D eigenvalue weighted by molar-refractivity contribution is 0.270. The van der Waals surface area contributed by atoms with Gasteiger partial charge in [-0.1, -0.05) is 0 Å². The first-order chi connectivity index (χ1) is 5.88. The molecule has 0 spiro atoms. The van der Waals surface area contributed by atoms with Gasteiger partial charge in [0.2, 0.25) is 0 Å². The largest absolute Gasteiger partial charge is 0.390 e. The number of hydrogen-bond acceptors (Lipinski definition) is 1. The van der Waals surface area contributed by atoms with Crippen molar-refractivity contribution in [3.63, 3.8) is 0 Å². The van der Waals surface area contributed by atoms with Gasteiger partial charge < -0.3 is 9.67 Å². The third-order valence-corrected chi connectivity index (χ3v) is 1.74. The minimum atomic E-state index is 0.104. The Morgan fingerprint density at radius 1 is 1.58 bits per heavy atom. The van der Waals surface area contributed by atoms with E-state index >= 15 is 0 Å². The molecular formula is C10H13NO. The summed E-state index contributed by atoms with van der Waals surface area (Å²) in [5.74, 6) is 5.83. The van der Waals surface area contributed by atoms with Crippen LogP contribution in [0, 0.1) is 11.8 Å². The molecule has 2 heteroatoms.